The molecule has 1 aliphatic heterocycles. The molecule has 1 aromatic carbocycles. The molecular weight excluding hydrogens is 250 g/mol. The van der Waals surface area contributed by atoms with Crippen LogP contribution >= 0.6 is 0 Å². The fourth-order valence-corrected chi connectivity index (χ4v) is 2.69. The van der Waals surface area contributed by atoms with Crippen molar-refractivity contribution in [3.8, 4) is 5.75 Å². The van der Waals surface area contributed by atoms with Crippen LogP contribution in [0, 0.1) is 11.8 Å². The number of ketones is 1. The zero-order valence-corrected chi connectivity index (χ0v) is 12.8. The van der Waals surface area contributed by atoms with Gasteiger partial charge in [-0.1, -0.05) is 13.8 Å². The van der Waals surface area contributed by atoms with Gasteiger partial charge in [0.2, 0.25) is 0 Å². The molecule has 0 radical (unpaired) electrons. The van der Waals surface area contributed by atoms with Crippen molar-refractivity contribution in [3.63, 3.8) is 0 Å². The van der Waals surface area contributed by atoms with E-state index in [1.165, 1.54) is 6.42 Å². The van der Waals surface area contributed by atoms with Gasteiger partial charge in [0.1, 0.15) is 5.75 Å². The lowest BCUT2D eigenvalue weighted by atomic mass is 9.88. The number of nitrogens with zero attached hydrogens (tertiary/aromatic N) is 1. The Morgan fingerprint density at radius 3 is 2.55 bits per heavy atom. The molecule has 0 N–H and O–H groups in total. The third-order valence-corrected chi connectivity index (χ3v) is 4.27. The molecule has 0 bridgehead atoms. The van der Waals surface area contributed by atoms with E-state index in [9.17, 15) is 4.79 Å². The third kappa shape index (κ3) is 3.83. The van der Waals surface area contributed by atoms with Gasteiger partial charge in [0.15, 0.2) is 5.78 Å². The first-order chi connectivity index (χ1) is 9.60. The molecule has 0 aromatic heterocycles. The number of ether oxygens (including phenoxy) is 1. The van der Waals surface area contributed by atoms with Crippen molar-refractivity contribution in [2.24, 2.45) is 11.8 Å². The summed E-state index contributed by atoms with van der Waals surface area (Å²) in [7, 11) is 0. The Bertz CT molecular complexity index is 441. The van der Waals surface area contributed by atoms with Crippen LogP contribution in [0.5, 0.6) is 5.75 Å². The normalized spacial score (nSPS) is 23.6. The van der Waals surface area contributed by atoms with Gasteiger partial charge >= 0.3 is 0 Å². The first-order valence-electron chi connectivity index (χ1n) is 7.58. The molecule has 1 heterocycles. The summed E-state index contributed by atoms with van der Waals surface area (Å²) in [5.41, 5.74) is 0.778. The second-order valence-corrected chi connectivity index (χ2v) is 5.86. The molecule has 110 valence electrons. The number of carbonyl (C=O) groups is 1. The molecule has 1 aliphatic rings. The topological polar surface area (TPSA) is 29.5 Å². The molecule has 2 unspecified atom stereocenters. The van der Waals surface area contributed by atoms with Gasteiger partial charge in [-0.3, -0.25) is 9.69 Å². The molecule has 0 aliphatic carbocycles. The molecule has 20 heavy (non-hydrogen) atoms. The van der Waals surface area contributed by atoms with E-state index in [-0.39, 0.29) is 5.78 Å². The van der Waals surface area contributed by atoms with Crippen LogP contribution in [0.25, 0.3) is 0 Å². The lowest BCUT2D eigenvalue weighted by Gasteiger charge is -2.34. The summed E-state index contributed by atoms with van der Waals surface area (Å²) in [5.74, 6) is 2.47. The number of hydrogen-bond acceptors (Lipinski definition) is 3. The van der Waals surface area contributed by atoms with E-state index in [4.69, 9.17) is 4.74 Å². The third-order valence-electron chi connectivity index (χ3n) is 4.27. The van der Waals surface area contributed by atoms with E-state index >= 15 is 0 Å². The van der Waals surface area contributed by atoms with E-state index in [1.807, 2.05) is 31.2 Å². The fourth-order valence-electron chi connectivity index (χ4n) is 2.69. The van der Waals surface area contributed by atoms with Crippen molar-refractivity contribution in [2.75, 3.05) is 26.2 Å². The molecule has 0 amide bonds. The fraction of sp³-hybridized carbons (Fsp3) is 0.588. The van der Waals surface area contributed by atoms with Crippen LogP contribution in [0.2, 0.25) is 0 Å². The van der Waals surface area contributed by atoms with Gasteiger partial charge in [-0.15, -0.1) is 0 Å². The predicted octanol–water partition coefficient (Wildman–Crippen LogP) is 3.25. The largest absolute Gasteiger partial charge is 0.494 e. The molecule has 3 nitrogen and oxygen atoms in total. The molecule has 3 heteroatoms. The maximum absolute atomic E-state index is 12.3. The Hall–Kier alpha value is -1.35. The zero-order chi connectivity index (χ0) is 14.5. The summed E-state index contributed by atoms with van der Waals surface area (Å²) in [6.45, 7) is 9.78. The van der Waals surface area contributed by atoms with Crippen LogP contribution in [-0.4, -0.2) is 36.9 Å². The quantitative estimate of drug-likeness (QED) is 0.773. The van der Waals surface area contributed by atoms with Crippen molar-refractivity contribution in [2.45, 2.75) is 27.2 Å². The minimum Gasteiger partial charge on any atom is -0.494 e. The van der Waals surface area contributed by atoms with Crippen LogP contribution in [0.15, 0.2) is 24.3 Å². The van der Waals surface area contributed by atoms with Gasteiger partial charge in [0.25, 0.3) is 0 Å². The summed E-state index contributed by atoms with van der Waals surface area (Å²) in [4.78, 5) is 14.6. The highest BCUT2D eigenvalue weighted by Gasteiger charge is 2.24. The first-order valence-corrected chi connectivity index (χ1v) is 7.58. The van der Waals surface area contributed by atoms with Crippen LogP contribution < -0.4 is 4.74 Å². The van der Waals surface area contributed by atoms with E-state index in [1.54, 1.807) is 0 Å². The smallest absolute Gasteiger partial charge is 0.176 e. The summed E-state index contributed by atoms with van der Waals surface area (Å²) in [6, 6.07) is 7.47. The Kier molecular flexibility index (Phi) is 5.18. The number of hydrogen-bond donors (Lipinski definition) is 0. The molecule has 1 aromatic rings. The zero-order valence-electron chi connectivity index (χ0n) is 12.8. The van der Waals surface area contributed by atoms with Gasteiger partial charge in [0.05, 0.1) is 13.2 Å². The number of carbonyl (C=O) groups excluding carboxylic acids is 1. The first kappa shape index (κ1) is 15.0. The van der Waals surface area contributed by atoms with Crippen LogP contribution in [0.4, 0.5) is 0 Å². The number of benzene rings is 1. The average Bonchev–Trinajstić information content (AvgIpc) is 2.44. The highest BCUT2D eigenvalue weighted by Crippen LogP contribution is 2.22. The van der Waals surface area contributed by atoms with Crippen LogP contribution in [0.3, 0.4) is 0 Å². The Labute approximate surface area is 121 Å². The Morgan fingerprint density at radius 2 is 1.95 bits per heavy atom. The number of piperidine rings is 1. The Morgan fingerprint density at radius 1 is 1.25 bits per heavy atom. The SMILES string of the molecule is CCOc1ccc(C(=O)CN2CCC(C)C(C)C2)cc1. The second-order valence-electron chi connectivity index (χ2n) is 5.86. The number of likely N-dealkylation sites (tertiary alicyclic amines) is 1. The van der Waals surface area contributed by atoms with E-state index < -0.39 is 0 Å². The molecule has 2 rings (SSSR count). The van der Waals surface area contributed by atoms with Crippen molar-refractivity contribution < 1.29 is 9.53 Å². The van der Waals surface area contributed by atoms with Crippen molar-refractivity contribution in [1.82, 2.24) is 4.90 Å². The number of Topliss-reactive ketones (excluding diaryl/α,β-unsaturated/α-hetero) is 1. The highest BCUT2D eigenvalue weighted by atomic mass is 16.5. The van der Waals surface area contributed by atoms with Crippen molar-refractivity contribution >= 4 is 5.78 Å². The average molecular weight is 275 g/mol. The van der Waals surface area contributed by atoms with Gasteiger partial charge in [-0.25, -0.2) is 0 Å². The van der Waals surface area contributed by atoms with E-state index in [2.05, 4.69) is 18.7 Å². The molecule has 2 atom stereocenters. The summed E-state index contributed by atoms with van der Waals surface area (Å²) >= 11 is 0. The van der Waals surface area contributed by atoms with E-state index in [0.29, 0.717) is 19.1 Å². The summed E-state index contributed by atoms with van der Waals surface area (Å²) in [5, 5.41) is 0. The standard InChI is InChI=1S/C17H25NO2/c1-4-20-16-7-5-15(6-8-16)17(19)12-18-10-9-13(2)14(3)11-18/h5-8,13-14H,4,9-12H2,1-3H3. The minimum atomic E-state index is 0.204. The van der Waals surface area contributed by atoms with Crippen molar-refractivity contribution in [3.05, 3.63) is 29.8 Å². The maximum atomic E-state index is 12.3. The predicted molar refractivity (Wildman–Crippen MR) is 81.3 cm³/mol. The summed E-state index contributed by atoms with van der Waals surface area (Å²) in [6.07, 6.45) is 1.19. The lowest BCUT2D eigenvalue weighted by Crippen LogP contribution is -2.41. The molecular formula is C17H25NO2. The monoisotopic (exact) mass is 275 g/mol. The van der Waals surface area contributed by atoms with Gasteiger partial charge in [-0.2, -0.15) is 0 Å². The molecule has 1 fully saturated rings. The minimum absolute atomic E-state index is 0.204. The van der Waals surface area contributed by atoms with Crippen LogP contribution in [0.1, 0.15) is 37.6 Å². The summed E-state index contributed by atoms with van der Waals surface area (Å²) < 4.78 is 5.39. The molecule has 0 spiro atoms. The van der Waals surface area contributed by atoms with Gasteiger partial charge < -0.3 is 4.74 Å². The van der Waals surface area contributed by atoms with Gasteiger partial charge in [-0.05, 0) is 56.0 Å². The maximum Gasteiger partial charge on any atom is 0.176 e. The number of rotatable bonds is 5. The highest BCUT2D eigenvalue weighted by molar-refractivity contribution is 5.97. The lowest BCUT2D eigenvalue weighted by molar-refractivity contribution is 0.0849. The molecule has 0 saturated carbocycles. The second kappa shape index (κ2) is 6.89. The Balaban J connectivity index is 1.91. The van der Waals surface area contributed by atoms with E-state index in [0.717, 1.165) is 30.3 Å². The van der Waals surface area contributed by atoms with Gasteiger partial charge in [0, 0.05) is 12.1 Å². The molecule has 1 saturated heterocycles. The van der Waals surface area contributed by atoms with Crippen molar-refractivity contribution in [1.29, 1.82) is 0 Å². The van der Waals surface area contributed by atoms with Crippen LogP contribution in [-0.2, 0) is 0 Å².